The van der Waals surface area contributed by atoms with Crippen molar-refractivity contribution >= 4 is 5.97 Å². The Bertz CT molecular complexity index is 1410. The van der Waals surface area contributed by atoms with Gasteiger partial charge in [0, 0.05) is 11.1 Å². The minimum Gasteiger partial charge on any atom is -0.462 e. The van der Waals surface area contributed by atoms with Crippen LogP contribution in [0.4, 0.5) is 26.3 Å². The van der Waals surface area contributed by atoms with Crippen LogP contribution < -0.4 is 0 Å². The van der Waals surface area contributed by atoms with Crippen molar-refractivity contribution in [2.75, 3.05) is 6.61 Å². The first-order valence-corrected chi connectivity index (χ1v) is 11.3. The van der Waals surface area contributed by atoms with Gasteiger partial charge in [0.2, 0.25) is 0 Å². The molecule has 240 valence electrons. The molecule has 7 nitrogen and oxygen atoms in total. The van der Waals surface area contributed by atoms with Crippen LogP contribution in [-0.4, -0.2) is 27.7 Å². The molecule has 4 rings (SSSR count). The summed E-state index contributed by atoms with van der Waals surface area (Å²) in [7, 11) is 0. The van der Waals surface area contributed by atoms with E-state index in [1.165, 1.54) is 38.1 Å². The quantitative estimate of drug-likeness (QED) is 0.175. The van der Waals surface area contributed by atoms with Gasteiger partial charge in [0.25, 0.3) is 0 Å². The fourth-order valence-corrected chi connectivity index (χ4v) is 3.32. The molecule has 0 saturated heterocycles. The molecule has 1 N–H and O–H groups in total. The van der Waals surface area contributed by atoms with Gasteiger partial charge in [-0.3, -0.25) is 0 Å². The molecular formula is C30H38F6N2O5. The van der Waals surface area contributed by atoms with Crippen LogP contribution >= 0.6 is 0 Å². The highest BCUT2D eigenvalue weighted by molar-refractivity contribution is 5.90. The number of aliphatic hydroxyl groups excluding tert-OH is 1. The topological polar surface area (TPSA) is 98.6 Å². The minimum atomic E-state index is -4.63. The summed E-state index contributed by atoms with van der Waals surface area (Å²) < 4.78 is 88.9. The first-order valence-electron chi connectivity index (χ1n) is 11.3. The molecule has 4 aromatic rings. The molecule has 2 heterocycles. The predicted molar refractivity (Wildman–Crippen MR) is 152 cm³/mol. The van der Waals surface area contributed by atoms with Crippen molar-refractivity contribution in [3.63, 3.8) is 0 Å². The number of esters is 1. The zero-order valence-electron chi connectivity index (χ0n) is 20.8. The van der Waals surface area contributed by atoms with Gasteiger partial charge in [-0.15, -0.1) is 0 Å². The maximum atomic E-state index is 12.5. The molecule has 0 radical (unpaired) electrons. The van der Waals surface area contributed by atoms with E-state index in [1.807, 2.05) is 0 Å². The highest BCUT2D eigenvalue weighted by atomic mass is 19.4. The Labute approximate surface area is 247 Å². The van der Waals surface area contributed by atoms with Crippen molar-refractivity contribution < 1.29 is 49.8 Å². The number of alkyl halides is 6. The van der Waals surface area contributed by atoms with E-state index < -0.39 is 30.1 Å². The summed E-state index contributed by atoms with van der Waals surface area (Å²) in [6, 6.07) is 12.4. The van der Waals surface area contributed by atoms with Crippen molar-refractivity contribution in [2.45, 2.75) is 69.4 Å². The van der Waals surface area contributed by atoms with Crippen molar-refractivity contribution in [2.24, 2.45) is 0 Å². The monoisotopic (exact) mass is 620 g/mol. The number of hydrogen-bond donors (Lipinski definition) is 1. The van der Waals surface area contributed by atoms with Crippen molar-refractivity contribution in [1.29, 1.82) is 0 Å². The second kappa shape index (κ2) is 16.5. The summed E-state index contributed by atoms with van der Waals surface area (Å²) in [6.07, 6.45) is -9.22. The molecule has 0 aliphatic heterocycles. The molecule has 0 amide bonds. The largest absolute Gasteiger partial charge is 0.468 e. The number of aliphatic hydroxyl groups is 1. The Balaban J connectivity index is 0. The van der Waals surface area contributed by atoms with Gasteiger partial charge in [0.05, 0.1) is 18.8 Å². The predicted octanol–water partition coefficient (Wildman–Crippen LogP) is 9.55. The number of aryl methyl sites for hydroxylation is 2. The lowest BCUT2D eigenvalue weighted by Gasteiger charge is -2.02. The first-order chi connectivity index (χ1) is 18.2. The number of halogens is 6. The highest BCUT2D eigenvalue weighted by Crippen LogP contribution is 2.34. The van der Waals surface area contributed by atoms with Crippen LogP contribution in [0.3, 0.4) is 0 Å². The van der Waals surface area contributed by atoms with Gasteiger partial charge < -0.3 is 18.7 Å². The molecule has 43 heavy (non-hydrogen) atoms. The Kier molecular flexibility index (Phi) is 15.7. The zero-order valence-corrected chi connectivity index (χ0v) is 20.8. The van der Waals surface area contributed by atoms with Crippen molar-refractivity contribution in [3.05, 3.63) is 83.0 Å². The van der Waals surface area contributed by atoms with Crippen molar-refractivity contribution in [3.8, 4) is 22.5 Å². The molecule has 0 spiro atoms. The summed E-state index contributed by atoms with van der Waals surface area (Å²) in [5.74, 6) is -2.85. The molecular weight excluding hydrogens is 582 g/mol. The number of oxazole rings is 2. The average molecular weight is 621 g/mol. The van der Waals surface area contributed by atoms with E-state index in [2.05, 4.69) is 18.8 Å². The van der Waals surface area contributed by atoms with E-state index in [0.717, 1.165) is 0 Å². The Hall–Kier alpha value is -4.13. The van der Waals surface area contributed by atoms with Gasteiger partial charge in [-0.05, 0) is 38.5 Å². The maximum absolute atomic E-state index is 12.5. The van der Waals surface area contributed by atoms with E-state index in [0.29, 0.717) is 22.3 Å². The molecule has 0 unspecified atom stereocenters. The summed E-state index contributed by atoms with van der Waals surface area (Å²) in [5, 5.41) is 8.88. The van der Waals surface area contributed by atoms with Crippen LogP contribution in [0.2, 0.25) is 0 Å². The molecule has 0 fully saturated rings. The number of benzene rings is 2. The van der Waals surface area contributed by atoms with Crippen LogP contribution in [-0.2, 0) is 23.7 Å². The molecule has 0 atom stereocenters. The molecule has 0 bridgehead atoms. The summed E-state index contributed by atoms with van der Waals surface area (Å²) in [4.78, 5) is 18.4. The van der Waals surface area contributed by atoms with Gasteiger partial charge in [0.15, 0.2) is 0 Å². The number of nitrogens with zero attached hydrogens (tertiary/aromatic N) is 2. The molecule has 0 aliphatic carbocycles. The second-order valence-electron chi connectivity index (χ2n) is 8.00. The molecule has 2 aromatic heterocycles. The minimum absolute atomic E-state index is 0. The summed E-state index contributed by atoms with van der Waals surface area (Å²) in [5.41, 5.74) is 2.20. The molecule has 2 aromatic carbocycles. The Morgan fingerprint density at radius 1 is 0.744 bits per heavy atom. The number of carbonyl (C=O) groups is 1. The number of carbonyl (C=O) groups excluding carboxylic acids is 1. The third kappa shape index (κ3) is 10.3. The Morgan fingerprint density at radius 2 is 1.12 bits per heavy atom. The zero-order chi connectivity index (χ0) is 29.0. The van der Waals surface area contributed by atoms with Crippen LogP contribution in [0.1, 0.15) is 75.9 Å². The SMILES string of the molecule is C.C.C.C.CCOC(=O)c1ccc(-c2nc(C(F)(F)F)oc2C)cc1.Cc1oc(C(F)(F)F)nc1-c1ccc(CO)cc1. The van der Waals surface area contributed by atoms with Gasteiger partial charge in [-0.25, -0.2) is 14.8 Å². The average Bonchev–Trinajstić information content (AvgIpc) is 3.48. The fraction of sp³-hybridized carbons (Fsp3) is 0.367. The van der Waals surface area contributed by atoms with Gasteiger partial charge in [-0.2, -0.15) is 26.3 Å². The lowest BCUT2D eigenvalue weighted by atomic mass is 10.1. The number of hydrogen-bond acceptors (Lipinski definition) is 7. The fourth-order valence-electron chi connectivity index (χ4n) is 3.32. The second-order valence-corrected chi connectivity index (χ2v) is 8.00. The molecule has 13 heteroatoms. The standard InChI is InChI=1S/C14H12F3NO3.C12H10F3NO2.4CH4/c1-3-20-12(19)10-6-4-9(5-7-10)11-8(2)21-13(18-11)14(15,16)17;1-7-10(16-11(18-7)12(13,14)15)9-4-2-8(6-17)3-5-9;;;;/h4-7H,3H2,1-2H3;2-5,17H,6H2,1H3;4*1H4. The Morgan fingerprint density at radius 3 is 1.42 bits per heavy atom. The highest BCUT2D eigenvalue weighted by Gasteiger charge is 2.39. The van der Waals surface area contributed by atoms with E-state index in [-0.39, 0.29) is 65.8 Å². The molecule has 0 aliphatic rings. The van der Waals surface area contributed by atoms with Crippen LogP contribution in [0, 0.1) is 13.8 Å². The summed E-state index contributed by atoms with van der Waals surface area (Å²) in [6.45, 7) is 4.64. The van der Waals surface area contributed by atoms with E-state index in [1.54, 1.807) is 31.2 Å². The first kappa shape index (κ1) is 41.0. The molecule has 0 saturated carbocycles. The third-order valence-electron chi connectivity index (χ3n) is 5.16. The third-order valence-corrected chi connectivity index (χ3v) is 5.16. The normalized spacial score (nSPS) is 10.6. The number of aromatic nitrogens is 2. The summed E-state index contributed by atoms with van der Waals surface area (Å²) >= 11 is 0. The van der Waals surface area contributed by atoms with E-state index in [9.17, 15) is 31.1 Å². The smallest absolute Gasteiger partial charge is 0.462 e. The lowest BCUT2D eigenvalue weighted by molar-refractivity contribution is -0.158. The maximum Gasteiger partial charge on any atom is 0.468 e. The van der Waals surface area contributed by atoms with Gasteiger partial charge >= 0.3 is 30.1 Å². The van der Waals surface area contributed by atoms with Crippen LogP contribution in [0.15, 0.2) is 57.4 Å². The number of rotatable bonds is 5. The van der Waals surface area contributed by atoms with E-state index >= 15 is 0 Å². The van der Waals surface area contributed by atoms with Crippen LogP contribution in [0.25, 0.3) is 22.5 Å². The van der Waals surface area contributed by atoms with Crippen molar-refractivity contribution in [1.82, 2.24) is 9.97 Å². The van der Waals surface area contributed by atoms with E-state index in [4.69, 9.17) is 9.84 Å². The van der Waals surface area contributed by atoms with Crippen LogP contribution in [0.5, 0.6) is 0 Å². The van der Waals surface area contributed by atoms with Gasteiger partial charge in [0.1, 0.15) is 22.9 Å². The van der Waals surface area contributed by atoms with Gasteiger partial charge in [-0.1, -0.05) is 66.1 Å². The lowest BCUT2D eigenvalue weighted by Crippen LogP contribution is -2.05. The number of ether oxygens (including phenoxy) is 1.